The Morgan fingerprint density at radius 1 is 0.842 bits per heavy atom. The first-order valence-electron chi connectivity index (χ1n) is 6.59. The molecule has 96 valence electrons. The second-order valence-electron chi connectivity index (χ2n) is 5.16. The minimum absolute atomic E-state index is 0.971. The van der Waals surface area contributed by atoms with Crippen molar-refractivity contribution in [3.63, 3.8) is 0 Å². The SMILES string of the molecule is CO/C(C)=c1\ccc2ccc(C)c3ccc(C)c1c23. The van der Waals surface area contributed by atoms with E-state index in [4.69, 9.17) is 4.74 Å². The van der Waals surface area contributed by atoms with Gasteiger partial charge in [-0.2, -0.15) is 0 Å². The van der Waals surface area contributed by atoms with E-state index in [0.717, 1.165) is 5.76 Å². The number of benzene rings is 3. The Morgan fingerprint density at radius 3 is 2.26 bits per heavy atom. The largest absolute Gasteiger partial charge is 0.501 e. The van der Waals surface area contributed by atoms with Crippen LogP contribution >= 0.6 is 0 Å². The number of hydrogen-bond acceptors (Lipinski definition) is 1. The van der Waals surface area contributed by atoms with E-state index in [9.17, 15) is 0 Å². The van der Waals surface area contributed by atoms with Gasteiger partial charge in [0, 0.05) is 5.22 Å². The lowest BCUT2D eigenvalue weighted by atomic mass is 9.93. The molecule has 3 aromatic rings. The van der Waals surface area contributed by atoms with Crippen LogP contribution in [0.1, 0.15) is 18.1 Å². The van der Waals surface area contributed by atoms with E-state index in [1.54, 1.807) is 7.11 Å². The van der Waals surface area contributed by atoms with Crippen molar-refractivity contribution in [2.24, 2.45) is 0 Å². The maximum atomic E-state index is 5.45. The molecule has 0 unspecified atom stereocenters. The number of hydrogen-bond donors (Lipinski definition) is 0. The summed E-state index contributed by atoms with van der Waals surface area (Å²) < 4.78 is 5.45. The molecule has 19 heavy (non-hydrogen) atoms. The van der Waals surface area contributed by atoms with Crippen molar-refractivity contribution in [2.75, 3.05) is 7.11 Å². The summed E-state index contributed by atoms with van der Waals surface area (Å²) in [7, 11) is 1.73. The molecule has 0 heterocycles. The van der Waals surface area contributed by atoms with Crippen LogP contribution in [0.25, 0.3) is 27.3 Å². The van der Waals surface area contributed by atoms with E-state index in [1.807, 2.05) is 6.92 Å². The third kappa shape index (κ3) is 1.69. The third-order valence-electron chi connectivity index (χ3n) is 4.02. The number of ether oxygens (including phenoxy) is 1. The van der Waals surface area contributed by atoms with Crippen LogP contribution in [0.3, 0.4) is 0 Å². The zero-order chi connectivity index (χ0) is 13.6. The highest BCUT2D eigenvalue weighted by Crippen LogP contribution is 2.29. The molecule has 1 nitrogen and oxygen atoms in total. The fourth-order valence-corrected chi connectivity index (χ4v) is 2.87. The Bertz CT molecular complexity index is 828. The van der Waals surface area contributed by atoms with Gasteiger partial charge in [0.15, 0.2) is 0 Å². The van der Waals surface area contributed by atoms with E-state index in [0.29, 0.717) is 0 Å². The van der Waals surface area contributed by atoms with Crippen LogP contribution in [0.15, 0.2) is 36.4 Å². The molecule has 1 heteroatoms. The van der Waals surface area contributed by atoms with Gasteiger partial charge < -0.3 is 4.74 Å². The Morgan fingerprint density at radius 2 is 1.53 bits per heavy atom. The third-order valence-corrected chi connectivity index (χ3v) is 4.02. The van der Waals surface area contributed by atoms with Crippen LogP contribution in [-0.2, 0) is 4.74 Å². The minimum Gasteiger partial charge on any atom is -0.501 e. The molecule has 0 saturated heterocycles. The number of rotatable bonds is 1. The Kier molecular flexibility index (Phi) is 2.70. The van der Waals surface area contributed by atoms with Crippen LogP contribution < -0.4 is 5.22 Å². The Labute approximate surface area is 113 Å². The van der Waals surface area contributed by atoms with Gasteiger partial charge in [0.2, 0.25) is 0 Å². The molecule has 3 rings (SSSR count). The minimum atomic E-state index is 0.971. The lowest BCUT2D eigenvalue weighted by Gasteiger charge is -2.12. The van der Waals surface area contributed by atoms with E-state index in [2.05, 4.69) is 50.2 Å². The quantitative estimate of drug-likeness (QED) is 0.631. The first-order chi connectivity index (χ1) is 9.13. The summed E-state index contributed by atoms with van der Waals surface area (Å²) in [6.07, 6.45) is 0. The predicted molar refractivity (Wildman–Crippen MR) is 82.2 cm³/mol. The molecule has 0 aromatic heterocycles. The predicted octanol–water partition coefficient (Wildman–Crippen LogP) is 4.10. The zero-order valence-corrected chi connectivity index (χ0v) is 11.9. The van der Waals surface area contributed by atoms with Crippen molar-refractivity contribution < 1.29 is 4.74 Å². The molecule has 0 radical (unpaired) electrons. The van der Waals surface area contributed by atoms with Crippen LogP contribution in [0.4, 0.5) is 0 Å². The van der Waals surface area contributed by atoms with Gasteiger partial charge in [-0.15, -0.1) is 0 Å². The molecule has 0 aliphatic rings. The molecule has 0 amide bonds. The monoisotopic (exact) mass is 250 g/mol. The van der Waals surface area contributed by atoms with Gasteiger partial charge in [-0.05, 0) is 53.4 Å². The van der Waals surface area contributed by atoms with Gasteiger partial charge in [-0.1, -0.05) is 36.4 Å². The molecule has 3 aromatic carbocycles. The maximum absolute atomic E-state index is 5.45. The van der Waals surface area contributed by atoms with Crippen molar-refractivity contribution in [3.05, 3.63) is 52.7 Å². The molecule has 0 fully saturated rings. The summed E-state index contributed by atoms with van der Waals surface area (Å²) >= 11 is 0. The van der Waals surface area contributed by atoms with E-state index in [-0.39, 0.29) is 0 Å². The number of methoxy groups -OCH3 is 1. The zero-order valence-electron chi connectivity index (χ0n) is 11.9. The molecule has 0 aliphatic heterocycles. The first kappa shape index (κ1) is 12.0. The topological polar surface area (TPSA) is 9.23 Å². The molecule has 0 saturated carbocycles. The highest BCUT2D eigenvalue weighted by molar-refractivity contribution is 6.12. The molecule has 0 N–H and O–H groups in total. The summed E-state index contributed by atoms with van der Waals surface area (Å²) in [5, 5.41) is 6.51. The maximum Gasteiger partial charge on any atom is 0.100 e. The van der Waals surface area contributed by atoms with Crippen molar-refractivity contribution in [3.8, 4) is 0 Å². The molecular weight excluding hydrogens is 232 g/mol. The summed E-state index contributed by atoms with van der Waals surface area (Å²) in [6, 6.07) is 13.2. The Hall–Kier alpha value is -2.02. The van der Waals surface area contributed by atoms with Gasteiger partial charge in [0.1, 0.15) is 5.76 Å². The summed E-state index contributed by atoms with van der Waals surface area (Å²) in [5.41, 5.74) is 2.62. The molecule has 0 atom stereocenters. The van der Waals surface area contributed by atoms with Crippen LogP contribution in [0, 0.1) is 13.8 Å². The fourth-order valence-electron chi connectivity index (χ4n) is 2.87. The van der Waals surface area contributed by atoms with Crippen LogP contribution in [0.2, 0.25) is 0 Å². The normalized spacial score (nSPS) is 13.1. The van der Waals surface area contributed by atoms with Crippen LogP contribution in [-0.4, -0.2) is 7.11 Å². The molecule has 0 aliphatic carbocycles. The highest BCUT2D eigenvalue weighted by atomic mass is 16.5. The molecule has 0 spiro atoms. The van der Waals surface area contributed by atoms with Crippen LogP contribution in [0.5, 0.6) is 0 Å². The standard InChI is InChI=1S/C18H18O/c1-11-5-7-14-8-10-16(13(3)19-4)17-12(2)6-9-15(11)18(14)17/h5-10H,1-4H3/b16-13+. The average molecular weight is 250 g/mol. The van der Waals surface area contributed by atoms with Crippen molar-refractivity contribution in [1.29, 1.82) is 0 Å². The average Bonchev–Trinajstić information content (AvgIpc) is 2.43. The van der Waals surface area contributed by atoms with Crippen molar-refractivity contribution in [1.82, 2.24) is 0 Å². The number of aryl methyl sites for hydroxylation is 2. The summed E-state index contributed by atoms with van der Waals surface area (Å²) in [5.74, 6) is 0.971. The van der Waals surface area contributed by atoms with Gasteiger partial charge in [0.05, 0.1) is 7.11 Å². The molecule has 0 bridgehead atoms. The summed E-state index contributed by atoms with van der Waals surface area (Å²) in [4.78, 5) is 0. The Balaban J connectivity index is 2.70. The second-order valence-corrected chi connectivity index (χ2v) is 5.16. The fraction of sp³-hybridized carbons (Fsp3) is 0.222. The molecular formula is C18H18O. The second kappa shape index (κ2) is 4.27. The van der Waals surface area contributed by atoms with Gasteiger partial charge in [-0.25, -0.2) is 0 Å². The lowest BCUT2D eigenvalue weighted by Crippen LogP contribution is -2.09. The highest BCUT2D eigenvalue weighted by Gasteiger charge is 2.08. The van der Waals surface area contributed by atoms with Gasteiger partial charge in [0.25, 0.3) is 0 Å². The van der Waals surface area contributed by atoms with Gasteiger partial charge >= 0.3 is 0 Å². The first-order valence-corrected chi connectivity index (χ1v) is 6.59. The smallest absolute Gasteiger partial charge is 0.100 e. The van der Waals surface area contributed by atoms with E-state index < -0.39 is 0 Å². The van der Waals surface area contributed by atoms with Crippen molar-refractivity contribution in [2.45, 2.75) is 20.8 Å². The van der Waals surface area contributed by atoms with Crippen molar-refractivity contribution >= 4 is 27.3 Å². The lowest BCUT2D eigenvalue weighted by molar-refractivity contribution is 0.361. The van der Waals surface area contributed by atoms with E-state index in [1.165, 1.54) is 37.9 Å². The van der Waals surface area contributed by atoms with Gasteiger partial charge in [-0.3, -0.25) is 0 Å². The summed E-state index contributed by atoms with van der Waals surface area (Å²) in [6.45, 7) is 6.37. The van der Waals surface area contributed by atoms with E-state index >= 15 is 0 Å².